The van der Waals surface area contributed by atoms with Crippen molar-refractivity contribution < 1.29 is 28.5 Å². The second-order valence-electron chi connectivity index (χ2n) is 5.51. The molecule has 0 fully saturated rings. The zero-order valence-electron chi connectivity index (χ0n) is 15.3. The predicted octanol–water partition coefficient (Wildman–Crippen LogP) is 3.65. The summed E-state index contributed by atoms with van der Waals surface area (Å²) in [7, 11) is 2.89. The van der Waals surface area contributed by atoms with Gasteiger partial charge in [-0.25, -0.2) is 4.79 Å². The molecule has 2 aromatic carbocycles. The van der Waals surface area contributed by atoms with Crippen molar-refractivity contribution in [1.82, 2.24) is 0 Å². The number of hydrogen-bond donors (Lipinski definition) is 0. The Kier molecular flexibility index (Phi) is 7.91. The van der Waals surface area contributed by atoms with Crippen molar-refractivity contribution in [3.8, 4) is 17.2 Å². The van der Waals surface area contributed by atoms with E-state index in [2.05, 4.69) is 4.74 Å². The van der Waals surface area contributed by atoms with Crippen LogP contribution < -0.4 is 14.2 Å². The molecule has 0 amide bonds. The summed E-state index contributed by atoms with van der Waals surface area (Å²) in [5.74, 6) is 0.843. The molecule has 0 spiro atoms. The summed E-state index contributed by atoms with van der Waals surface area (Å²) in [6.45, 7) is 0.365. The van der Waals surface area contributed by atoms with Gasteiger partial charge in [0.25, 0.3) is 0 Å². The van der Waals surface area contributed by atoms with Crippen molar-refractivity contribution in [1.29, 1.82) is 0 Å². The molecule has 27 heavy (non-hydrogen) atoms. The van der Waals surface area contributed by atoms with Crippen molar-refractivity contribution in [3.63, 3.8) is 0 Å². The van der Waals surface area contributed by atoms with Gasteiger partial charge in [0.15, 0.2) is 11.5 Å². The molecule has 2 aromatic rings. The number of esters is 2. The zero-order valence-corrected chi connectivity index (χ0v) is 15.3. The van der Waals surface area contributed by atoms with Crippen LogP contribution in [0.2, 0.25) is 0 Å². The van der Waals surface area contributed by atoms with Crippen LogP contribution in [0.25, 0.3) is 6.08 Å². The molecule has 0 aliphatic rings. The predicted molar refractivity (Wildman–Crippen MR) is 101 cm³/mol. The Labute approximate surface area is 158 Å². The first-order valence-corrected chi connectivity index (χ1v) is 8.45. The van der Waals surface area contributed by atoms with Crippen LogP contribution >= 0.6 is 0 Å². The number of carbonyl (C=O) groups excluding carboxylic acids is 2. The Morgan fingerprint density at radius 2 is 1.78 bits per heavy atom. The molecular formula is C21H22O6. The van der Waals surface area contributed by atoms with Crippen LogP contribution in [0.5, 0.6) is 17.2 Å². The highest BCUT2D eigenvalue weighted by Crippen LogP contribution is 2.28. The third-order valence-corrected chi connectivity index (χ3v) is 3.57. The minimum absolute atomic E-state index is 0.270. The first kappa shape index (κ1) is 20.0. The van der Waals surface area contributed by atoms with Gasteiger partial charge in [0.05, 0.1) is 20.8 Å². The molecule has 142 valence electrons. The molecule has 0 bridgehead atoms. The lowest BCUT2D eigenvalue weighted by atomic mass is 10.2. The van der Waals surface area contributed by atoms with Gasteiger partial charge in [0.1, 0.15) is 5.75 Å². The molecule has 6 nitrogen and oxygen atoms in total. The zero-order chi connectivity index (χ0) is 19.5. The van der Waals surface area contributed by atoms with Crippen LogP contribution in [0.3, 0.4) is 0 Å². The molecule has 0 saturated heterocycles. The summed E-state index contributed by atoms with van der Waals surface area (Å²) in [6.07, 6.45) is 3.82. The molecule has 2 rings (SSSR count). The third kappa shape index (κ3) is 6.86. The highest BCUT2D eigenvalue weighted by Gasteiger charge is 2.07. The SMILES string of the molecule is COC(=O)CCCOc1ccc(C=CC(=O)Oc2ccccc2)cc1OC. The Hall–Kier alpha value is -3.28. The first-order chi connectivity index (χ1) is 13.1. The normalized spacial score (nSPS) is 10.4. The molecule has 0 aliphatic heterocycles. The average molecular weight is 370 g/mol. The van der Waals surface area contributed by atoms with E-state index in [1.165, 1.54) is 20.3 Å². The molecule has 0 aliphatic carbocycles. The average Bonchev–Trinajstić information content (AvgIpc) is 2.70. The van der Waals surface area contributed by atoms with Crippen molar-refractivity contribution in [3.05, 3.63) is 60.2 Å². The molecule has 0 N–H and O–H groups in total. The number of benzene rings is 2. The number of ether oxygens (including phenoxy) is 4. The van der Waals surface area contributed by atoms with E-state index < -0.39 is 5.97 Å². The van der Waals surface area contributed by atoms with E-state index >= 15 is 0 Å². The summed E-state index contributed by atoms with van der Waals surface area (Å²) in [5.41, 5.74) is 0.763. The van der Waals surface area contributed by atoms with Crippen LogP contribution in [0.1, 0.15) is 18.4 Å². The van der Waals surface area contributed by atoms with Crippen LogP contribution in [0.15, 0.2) is 54.6 Å². The van der Waals surface area contributed by atoms with Gasteiger partial charge in [-0.3, -0.25) is 4.79 Å². The Bertz CT molecular complexity index is 783. The topological polar surface area (TPSA) is 71.1 Å². The Morgan fingerprint density at radius 3 is 2.48 bits per heavy atom. The van der Waals surface area contributed by atoms with E-state index in [1.807, 2.05) is 6.07 Å². The lowest BCUT2D eigenvalue weighted by Gasteiger charge is -2.11. The quantitative estimate of drug-likeness (QED) is 0.290. The molecule has 0 radical (unpaired) electrons. The fourth-order valence-corrected chi connectivity index (χ4v) is 2.21. The fraction of sp³-hybridized carbons (Fsp3) is 0.238. The van der Waals surface area contributed by atoms with Crippen LogP contribution in [-0.2, 0) is 14.3 Å². The second kappa shape index (κ2) is 10.7. The molecule has 0 heterocycles. The molecule has 0 aromatic heterocycles. The Balaban J connectivity index is 1.92. The summed E-state index contributed by atoms with van der Waals surface area (Å²) in [4.78, 5) is 22.9. The summed E-state index contributed by atoms with van der Waals surface area (Å²) < 4.78 is 20.7. The van der Waals surface area contributed by atoms with Gasteiger partial charge < -0.3 is 18.9 Å². The fourth-order valence-electron chi connectivity index (χ4n) is 2.21. The Morgan fingerprint density at radius 1 is 1.00 bits per heavy atom. The van der Waals surface area contributed by atoms with Crippen LogP contribution in [0, 0.1) is 0 Å². The number of rotatable bonds is 9. The van der Waals surface area contributed by atoms with Crippen LogP contribution in [-0.4, -0.2) is 32.8 Å². The van der Waals surface area contributed by atoms with Gasteiger partial charge >= 0.3 is 11.9 Å². The lowest BCUT2D eigenvalue weighted by Crippen LogP contribution is -2.05. The maximum absolute atomic E-state index is 11.9. The molecular weight excluding hydrogens is 348 g/mol. The minimum Gasteiger partial charge on any atom is -0.493 e. The standard InChI is InChI=1S/C21H22O6/c1-24-19-15-16(10-12-18(19)26-14-6-9-20(22)25-2)11-13-21(23)27-17-7-4-3-5-8-17/h3-5,7-8,10-13,15H,6,9,14H2,1-2H3. The highest BCUT2D eigenvalue weighted by atomic mass is 16.5. The maximum Gasteiger partial charge on any atom is 0.336 e. The van der Waals surface area contributed by atoms with Gasteiger partial charge in [0, 0.05) is 12.5 Å². The van der Waals surface area contributed by atoms with Crippen molar-refractivity contribution >= 4 is 18.0 Å². The van der Waals surface area contributed by atoms with Gasteiger partial charge in [-0.2, -0.15) is 0 Å². The molecule has 0 unspecified atom stereocenters. The summed E-state index contributed by atoms with van der Waals surface area (Å²) in [6, 6.07) is 14.1. The van der Waals surface area contributed by atoms with Gasteiger partial charge in [-0.15, -0.1) is 0 Å². The molecule has 0 saturated carbocycles. The monoisotopic (exact) mass is 370 g/mol. The summed E-state index contributed by atoms with van der Waals surface area (Å²) in [5, 5.41) is 0. The maximum atomic E-state index is 11.9. The third-order valence-electron chi connectivity index (χ3n) is 3.57. The van der Waals surface area contributed by atoms with E-state index in [0.29, 0.717) is 36.7 Å². The van der Waals surface area contributed by atoms with E-state index in [4.69, 9.17) is 14.2 Å². The second-order valence-corrected chi connectivity index (χ2v) is 5.51. The number of hydrogen-bond acceptors (Lipinski definition) is 6. The largest absolute Gasteiger partial charge is 0.493 e. The highest BCUT2D eigenvalue weighted by molar-refractivity contribution is 5.88. The molecule has 0 atom stereocenters. The van der Waals surface area contributed by atoms with Crippen molar-refractivity contribution in [2.75, 3.05) is 20.8 Å². The number of methoxy groups -OCH3 is 2. The van der Waals surface area contributed by atoms with Crippen molar-refractivity contribution in [2.45, 2.75) is 12.8 Å². The lowest BCUT2D eigenvalue weighted by molar-refractivity contribution is -0.140. The van der Waals surface area contributed by atoms with E-state index in [1.54, 1.807) is 48.5 Å². The summed E-state index contributed by atoms with van der Waals surface area (Å²) >= 11 is 0. The van der Waals surface area contributed by atoms with E-state index in [0.717, 1.165) is 5.56 Å². The minimum atomic E-state index is -0.469. The smallest absolute Gasteiger partial charge is 0.336 e. The van der Waals surface area contributed by atoms with Crippen molar-refractivity contribution in [2.24, 2.45) is 0 Å². The van der Waals surface area contributed by atoms with Gasteiger partial charge in [0.2, 0.25) is 0 Å². The molecule has 6 heteroatoms. The van der Waals surface area contributed by atoms with E-state index in [-0.39, 0.29) is 5.97 Å². The van der Waals surface area contributed by atoms with E-state index in [9.17, 15) is 9.59 Å². The first-order valence-electron chi connectivity index (χ1n) is 8.45. The number of para-hydroxylation sites is 1. The van der Waals surface area contributed by atoms with Gasteiger partial charge in [-0.05, 0) is 42.3 Å². The number of carbonyl (C=O) groups is 2. The van der Waals surface area contributed by atoms with Crippen LogP contribution in [0.4, 0.5) is 0 Å². The van der Waals surface area contributed by atoms with Gasteiger partial charge in [-0.1, -0.05) is 24.3 Å².